The van der Waals surface area contributed by atoms with Crippen molar-refractivity contribution < 1.29 is 9.53 Å². The number of esters is 1. The summed E-state index contributed by atoms with van der Waals surface area (Å²) in [5.74, 6) is 0.200. The van der Waals surface area contributed by atoms with Gasteiger partial charge in [-0.25, -0.2) is 9.78 Å². The van der Waals surface area contributed by atoms with Crippen molar-refractivity contribution in [2.75, 3.05) is 25.6 Å². The summed E-state index contributed by atoms with van der Waals surface area (Å²) in [6.07, 6.45) is 3.04. The fourth-order valence-electron chi connectivity index (χ4n) is 1.54. The molecule has 0 saturated carbocycles. The molecule has 0 saturated heterocycles. The average molecular weight is 237 g/mol. The summed E-state index contributed by atoms with van der Waals surface area (Å²) < 4.78 is 4.61. The number of hydrogen-bond acceptors (Lipinski definition) is 5. The van der Waals surface area contributed by atoms with E-state index in [-0.39, 0.29) is 11.1 Å². The van der Waals surface area contributed by atoms with Gasteiger partial charge in [-0.3, -0.25) is 4.98 Å². The van der Waals surface area contributed by atoms with Crippen molar-refractivity contribution in [3.05, 3.63) is 18.1 Å². The van der Waals surface area contributed by atoms with E-state index < -0.39 is 5.97 Å². The molecular weight excluding hydrogens is 218 g/mol. The first kappa shape index (κ1) is 13.4. The molecule has 94 valence electrons. The van der Waals surface area contributed by atoms with Gasteiger partial charge in [0.15, 0.2) is 5.69 Å². The quantitative estimate of drug-likeness (QED) is 0.749. The third-order valence-electron chi connectivity index (χ3n) is 2.12. The molecule has 0 bridgehead atoms. The largest absolute Gasteiger partial charge is 0.464 e. The molecule has 0 amide bonds. The van der Waals surface area contributed by atoms with Gasteiger partial charge >= 0.3 is 5.97 Å². The number of nitrogens with zero attached hydrogens (tertiary/aromatic N) is 3. The van der Waals surface area contributed by atoms with E-state index in [1.165, 1.54) is 13.3 Å². The molecule has 5 heteroatoms. The lowest BCUT2D eigenvalue weighted by atomic mass is 9.96. The Morgan fingerprint density at radius 2 is 2.06 bits per heavy atom. The molecule has 0 unspecified atom stereocenters. The molecule has 0 aliphatic heterocycles. The van der Waals surface area contributed by atoms with Gasteiger partial charge in [-0.2, -0.15) is 0 Å². The van der Waals surface area contributed by atoms with Crippen molar-refractivity contribution in [1.82, 2.24) is 9.97 Å². The molecule has 0 atom stereocenters. The van der Waals surface area contributed by atoms with Crippen molar-refractivity contribution in [2.24, 2.45) is 5.41 Å². The zero-order valence-electron chi connectivity index (χ0n) is 11.0. The van der Waals surface area contributed by atoms with Crippen molar-refractivity contribution >= 4 is 11.8 Å². The summed E-state index contributed by atoms with van der Waals surface area (Å²) in [6.45, 7) is 7.25. The lowest BCUT2D eigenvalue weighted by Gasteiger charge is -2.27. The van der Waals surface area contributed by atoms with Crippen LogP contribution in [0.15, 0.2) is 12.4 Å². The molecule has 0 spiro atoms. The van der Waals surface area contributed by atoms with E-state index in [0.29, 0.717) is 5.82 Å². The third-order valence-corrected chi connectivity index (χ3v) is 2.12. The Morgan fingerprint density at radius 3 is 2.59 bits per heavy atom. The standard InChI is InChI=1S/C12H19N3O2/c1-12(2,3)8-15(4)10-7-13-6-9(14-10)11(16)17-5/h6-7H,8H2,1-5H3. The molecule has 1 aromatic heterocycles. The smallest absolute Gasteiger partial charge is 0.358 e. The van der Waals surface area contributed by atoms with Gasteiger partial charge in [-0.15, -0.1) is 0 Å². The van der Waals surface area contributed by atoms with Gasteiger partial charge in [0.2, 0.25) is 0 Å². The van der Waals surface area contributed by atoms with Crippen molar-refractivity contribution in [3.63, 3.8) is 0 Å². The van der Waals surface area contributed by atoms with Crippen LogP contribution in [0.25, 0.3) is 0 Å². The fraction of sp³-hybridized carbons (Fsp3) is 0.583. The molecule has 0 N–H and O–H groups in total. The normalized spacial score (nSPS) is 11.1. The first-order valence-corrected chi connectivity index (χ1v) is 5.45. The molecule has 0 aliphatic rings. The van der Waals surface area contributed by atoms with Gasteiger partial charge in [0.25, 0.3) is 0 Å². The summed E-state index contributed by atoms with van der Waals surface area (Å²) in [5.41, 5.74) is 0.378. The van der Waals surface area contributed by atoms with Crippen LogP contribution in [-0.4, -0.2) is 36.6 Å². The minimum absolute atomic E-state index is 0.150. The van der Waals surface area contributed by atoms with E-state index in [1.807, 2.05) is 11.9 Å². The van der Waals surface area contributed by atoms with Gasteiger partial charge in [0.05, 0.1) is 19.5 Å². The van der Waals surface area contributed by atoms with E-state index in [1.54, 1.807) is 6.20 Å². The van der Waals surface area contributed by atoms with Crippen molar-refractivity contribution in [2.45, 2.75) is 20.8 Å². The second-order valence-electron chi connectivity index (χ2n) is 5.17. The topological polar surface area (TPSA) is 55.3 Å². The van der Waals surface area contributed by atoms with Crippen molar-refractivity contribution in [3.8, 4) is 0 Å². The Balaban J connectivity index is 2.88. The molecule has 1 aromatic rings. The lowest BCUT2D eigenvalue weighted by molar-refractivity contribution is 0.0593. The maximum atomic E-state index is 11.3. The highest BCUT2D eigenvalue weighted by atomic mass is 16.5. The van der Waals surface area contributed by atoms with Crippen LogP contribution in [0.5, 0.6) is 0 Å². The van der Waals surface area contributed by atoms with Gasteiger partial charge < -0.3 is 9.64 Å². The first-order chi connectivity index (χ1) is 7.83. The van der Waals surface area contributed by atoms with E-state index in [0.717, 1.165) is 6.54 Å². The minimum atomic E-state index is -0.469. The monoisotopic (exact) mass is 237 g/mol. The molecule has 5 nitrogen and oxygen atoms in total. The second kappa shape index (κ2) is 5.12. The summed E-state index contributed by atoms with van der Waals surface area (Å²) in [4.78, 5) is 21.5. The fourth-order valence-corrected chi connectivity index (χ4v) is 1.54. The average Bonchev–Trinajstić information content (AvgIpc) is 2.26. The van der Waals surface area contributed by atoms with Crippen LogP contribution in [0.2, 0.25) is 0 Å². The highest BCUT2D eigenvalue weighted by Crippen LogP contribution is 2.18. The molecule has 1 rings (SSSR count). The van der Waals surface area contributed by atoms with Crippen LogP contribution in [-0.2, 0) is 4.74 Å². The number of ether oxygens (including phenoxy) is 1. The number of aromatic nitrogens is 2. The molecule has 0 aromatic carbocycles. The van der Waals surface area contributed by atoms with Gasteiger partial charge in [-0.1, -0.05) is 20.8 Å². The Labute approximate surface area is 102 Å². The van der Waals surface area contributed by atoms with Crippen LogP contribution >= 0.6 is 0 Å². The third kappa shape index (κ3) is 4.01. The Hall–Kier alpha value is -1.65. The van der Waals surface area contributed by atoms with Gasteiger partial charge in [0.1, 0.15) is 5.82 Å². The molecular formula is C12H19N3O2. The van der Waals surface area contributed by atoms with Crippen LogP contribution in [0, 0.1) is 5.41 Å². The number of rotatable bonds is 3. The Morgan fingerprint density at radius 1 is 1.41 bits per heavy atom. The summed E-state index contributed by atoms with van der Waals surface area (Å²) in [5, 5.41) is 0. The molecule has 17 heavy (non-hydrogen) atoms. The summed E-state index contributed by atoms with van der Waals surface area (Å²) in [6, 6.07) is 0. The predicted molar refractivity (Wildman–Crippen MR) is 66.1 cm³/mol. The number of carbonyl (C=O) groups excluding carboxylic acids is 1. The summed E-state index contributed by atoms with van der Waals surface area (Å²) >= 11 is 0. The molecule has 0 radical (unpaired) electrons. The maximum absolute atomic E-state index is 11.3. The Kier molecular flexibility index (Phi) is 4.04. The van der Waals surface area contributed by atoms with E-state index in [4.69, 9.17) is 0 Å². The first-order valence-electron chi connectivity index (χ1n) is 5.45. The predicted octanol–water partition coefficient (Wildman–Crippen LogP) is 1.75. The molecule has 1 heterocycles. The van der Waals surface area contributed by atoms with Crippen LogP contribution in [0.4, 0.5) is 5.82 Å². The summed E-state index contributed by atoms with van der Waals surface area (Å²) in [7, 11) is 3.26. The molecule has 0 aliphatic carbocycles. The highest BCUT2D eigenvalue weighted by molar-refractivity contribution is 5.87. The molecule has 0 fully saturated rings. The zero-order chi connectivity index (χ0) is 13.1. The van der Waals surface area contributed by atoms with E-state index in [9.17, 15) is 4.79 Å². The van der Waals surface area contributed by atoms with E-state index >= 15 is 0 Å². The van der Waals surface area contributed by atoms with Crippen LogP contribution in [0.3, 0.4) is 0 Å². The second-order valence-corrected chi connectivity index (χ2v) is 5.17. The van der Waals surface area contributed by atoms with Crippen LogP contribution < -0.4 is 4.90 Å². The SMILES string of the molecule is COC(=O)c1cncc(N(C)CC(C)(C)C)n1. The van der Waals surface area contributed by atoms with Gasteiger partial charge in [-0.05, 0) is 5.41 Å². The zero-order valence-corrected chi connectivity index (χ0v) is 11.0. The van der Waals surface area contributed by atoms with Crippen LogP contribution in [0.1, 0.15) is 31.3 Å². The number of methoxy groups -OCH3 is 1. The number of hydrogen-bond donors (Lipinski definition) is 0. The van der Waals surface area contributed by atoms with Gasteiger partial charge in [0, 0.05) is 13.6 Å². The lowest BCUT2D eigenvalue weighted by Crippen LogP contribution is -2.30. The van der Waals surface area contributed by atoms with Crippen molar-refractivity contribution in [1.29, 1.82) is 0 Å². The number of carbonyl (C=O) groups is 1. The Bertz CT molecular complexity index is 399. The minimum Gasteiger partial charge on any atom is -0.464 e. The maximum Gasteiger partial charge on any atom is 0.358 e. The van der Waals surface area contributed by atoms with E-state index in [2.05, 4.69) is 35.5 Å². The highest BCUT2D eigenvalue weighted by Gasteiger charge is 2.16. The number of anilines is 1.